The molecule has 1 aliphatic rings. The Kier molecular flexibility index (Phi) is 8.57. The number of hydrogen-bond donors (Lipinski definition) is 1. The zero-order chi connectivity index (χ0) is 32.5. The van der Waals surface area contributed by atoms with Crippen molar-refractivity contribution in [1.29, 1.82) is 0 Å². The minimum Gasteiger partial charge on any atom is -0.459 e. The normalized spacial score (nSPS) is 14.7. The number of benzene rings is 3. The largest absolute Gasteiger partial charge is 0.459 e. The van der Waals surface area contributed by atoms with Crippen LogP contribution in [-0.2, 0) is 9.53 Å². The Hall–Kier alpha value is -5.06. The number of furan rings is 1. The number of ether oxygens (including phenoxy) is 1. The van der Waals surface area contributed by atoms with Crippen molar-refractivity contribution in [3.8, 4) is 11.3 Å². The van der Waals surface area contributed by atoms with Crippen molar-refractivity contribution in [3.63, 3.8) is 0 Å². The molecule has 1 amide bonds. The van der Waals surface area contributed by atoms with Gasteiger partial charge in [0, 0.05) is 22.3 Å². The number of amides is 1. The molecule has 232 valence electrons. The van der Waals surface area contributed by atoms with E-state index in [4.69, 9.17) is 20.8 Å². The van der Waals surface area contributed by atoms with Gasteiger partial charge in [-0.05, 0) is 80.9 Å². The Morgan fingerprint density at radius 1 is 1.07 bits per heavy atom. The monoisotopic (exact) mass is 655 g/mol. The lowest BCUT2D eigenvalue weighted by molar-refractivity contribution is -0.113. The summed E-state index contributed by atoms with van der Waals surface area (Å²) in [6.45, 7) is 5.23. The summed E-state index contributed by atoms with van der Waals surface area (Å²) >= 11 is 7.38. The van der Waals surface area contributed by atoms with E-state index < -0.39 is 29.3 Å². The van der Waals surface area contributed by atoms with Crippen molar-refractivity contribution >= 4 is 46.6 Å². The highest BCUT2D eigenvalue weighted by molar-refractivity contribution is 7.07. The van der Waals surface area contributed by atoms with E-state index in [0.717, 1.165) is 11.3 Å². The maximum Gasteiger partial charge on any atom is 0.339 e. The van der Waals surface area contributed by atoms with Crippen molar-refractivity contribution in [2.24, 2.45) is 4.99 Å². The molecule has 0 bridgehead atoms. The van der Waals surface area contributed by atoms with Crippen molar-refractivity contribution in [2.75, 3.05) is 5.32 Å². The summed E-state index contributed by atoms with van der Waals surface area (Å²) in [6.07, 6.45) is 1.26. The smallest absolute Gasteiger partial charge is 0.339 e. The summed E-state index contributed by atoms with van der Waals surface area (Å²) in [7, 11) is 0. The first-order valence-corrected chi connectivity index (χ1v) is 15.5. The number of anilines is 1. The van der Waals surface area contributed by atoms with E-state index in [1.54, 1.807) is 93.6 Å². The van der Waals surface area contributed by atoms with Gasteiger partial charge in [0.05, 0.1) is 33.5 Å². The van der Waals surface area contributed by atoms with E-state index in [1.807, 2.05) is 6.07 Å². The SMILES string of the molecule is CC1=C(C(=O)Nc2ccccc2)[C@H](c2ccc(F)cc2)n2c(s/c(=C/c3ccc(-c4cc(Cl)ccc4C(=O)OC(C)C)o3)c2=O)=N1. The highest BCUT2D eigenvalue weighted by Gasteiger charge is 2.32. The molecule has 3 aromatic carbocycles. The molecule has 0 saturated heterocycles. The Balaban J connectivity index is 1.42. The Morgan fingerprint density at radius 2 is 1.80 bits per heavy atom. The first-order valence-electron chi connectivity index (χ1n) is 14.3. The van der Waals surface area contributed by atoms with Gasteiger partial charge in [0.1, 0.15) is 17.3 Å². The maximum atomic E-state index is 14.0. The summed E-state index contributed by atoms with van der Waals surface area (Å²) < 4.78 is 27.1. The van der Waals surface area contributed by atoms with Crippen LogP contribution in [0.25, 0.3) is 17.4 Å². The van der Waals surface area contributed by atoms with Crippen molar-refractivity contribution in [2.45, 2.75) is 32.9 Å². The minimum absolute atomic E-state index is 0.261. The number of nitrogens with one attached hydrogen (secondary N) is 1. The number of hydrogen-bond acceptors (Lipinski definition) is 7. The molecular weight excluding hydrogens is 629 g/mol. The van der Waals surface area contributed by atoms with Gasteiger partial charge in [0.2, 0.25) is 0 Å². The third kappa shape index (κ3) is 6.22. The van der Waals surface area contributed by atoms with Crippen LogP contribution < -0.4 is 20.2 Å². The highest BCUT2D eigenvalue weighted by Crippen LogP contribution is 2.32. The Labute approximate surface area is 271 Å². The number of carbonyl (C=O) groups excluding carboxylic acids is 2. The fourth-order valence-electron chi connectivity index (χ4n) is 5.17. The first kappa shape index (κ1) is 30.9. The molecule has 1 aliphatic heterocycles. The summed E-state index contributed by atoms with van der Waals surface area (Å²) in [5, 5.41) is 3.30. The van der Waals surface area contributed by atoms with E-state index >= 15 is 0 Å². The van der Waals surface area contributed by atoms with Gasteiger partial charge in [-0.2, -0.15) is 0 Å². The van der Waals surface area contributed by atoms with Crippen LogP contribution in [0.1, 0.15) is 48.5 Å². The van der Waals surface area contributed by atoms with Crippen LogP contribution in [0.3, 0.4) is 0 Å². The summed E-state index contributed by atoms with van der Waals surface area (Å²) in [5.74, 6) is -0.686. The second-order valence-corrected chi connectivity index (χ2v) is 12.2. The topological polar surface area (TPSA) is 103 Å². The van der Waals surface area contributed by atoms with E-state index in [1.165, 1.54) is 16.7 Å². The van der Waals surface area contributed by atoms with Gasteiger partial charge in [-0.3, -0.25) is 14.2 Å². The van der Waals surface area contributed by atoms with E-state index in [2.05, 4.69) is 10.3 Å². The maximum absolute atomic E-state index is 14.0. The number of para-hydroxylation sites is 1. The molecular formula is C35H27ClFN3O5S. The molecule has 0 unspecified atom stereocenters. The molecule has 0 aliphatic carbocycles. The third-order valence-electron chi connectivity index (χ3n) is 7.19. The number of nitrogens with zero attached hydrogens (tertiary/aromatic N) is 2. The molecule has 0 spiro atoms. The lowest BCUT2D eigenvalue weighted by Gasteiger charge is -2.25. The van der Waals surface area contributed by atoms with Gasteiger partial charge < -0.3 is 14.5 Å². The van der Waals surface area contributed by atoms with E-state index in [0.29, 0.717) is 48.4 Å². The van der Waals surface area contributed by atoms with Crippen molar-refractivity contribution in [3.05, 3.63) is 144 Å². The van der Waals surface area contributed by atoms with Gasteiger partial charge in [-0.1, -0.05) is 53.3 Å². The van der Waals surface area contributed by atoms with Crippen molar-refractivity contribution < 1.29 is 23.1 Å². The molecule has 1 N–H and O–H groups in total. The quantitative estimate of drug-likeness (QED) is 0.202. The number of rotatable bonds is 7. The van der Waals surface area contributed by atoms with Crippen LogP contribution >= 0.6 is 22.9 Å². The number of halogens is 2. The average Bonchev–Trinajstić information content (AvgIpc) is 3.61. The second-order valence-electron chi connectivity index (χ2n) is 10.8. The van der Waals surface area contributed by atoms with Gasteiger partial charge in [0.15, 0.2) is 4.80 Å². The highest BCUT2D eigenvalue weighted by atomic mass is 35.5. The van der Waals surface area contributed by atoms with E-state index in [-0.39, 0.29) is 17.2 Å². The summed E-state index contributed by atoms with van der Waals surface area (Å²) in [5.41, 5.74) is 2.14. The number of esters is 1. The first-order chi connectivity index (χ1) is 22.1. The van der Waals surface area contributed by atoms with Crippen LogP contribution in [0.2, 0.25) is 5.02 Å². The van der Waals surface area contributed by atoms with Gasteiger partial charge in [-0.15, -0.1) is 0 Å². The fraction of sp³-hybridized carbons (Fsp3) is 0.143. The molecule has 3 heterocycles. The zero-order valence-electron chi connectivity index (χ0n) is 24.9. The van der Waals surface area contributed by atoms with Gasteiger partial charge in [0.25, 0.3) is 11.5 Å². The second kappa shape index (κ2) is 12.7. The standard InChI is InChI=1S/C35H27ClFN3O5S/c1-19(2)44-34(43)26-15-11-22(36)17-27(26)28-16-14-25(45-28)18-29-33(42)40-31(21-9-12-23(37)13-10-21)30(20(3)38-35(40)46-29)32(41)39-24-7-5-4-6-8-24/h4-19,31H,1-3H3,(H,39,41)/b29-18+/t31-/m0/s1. The zero-order valence-corrected chi connectivity index (χ0v) is 26.5. The Bertz CT molecular complexity index is 2180. The number of carbonyl (C=O) groups is 2. The lowest BCUT2D eigenvalue weighted by atomic mass is 9.95. The molecule has 6 rings (SSSR count). The molecule has 0 saturated carbocycles. The fourth-order valence-corrected chi connectivity index (χ4v) is 6.37. The molecule has 11 heteroatoms. The van der Waals surface area contributed by atoms with Gasteiger partial charge in [-0.25, -0.2) is 14.2 Å². The van der Waals surface area contributed by atoms with Gasteiger partial charge >= 0.3 is 5.97 Å². The van der Waals surface area contributed by atoms with Crippen LogP contribution in [0.15, 0.2) is 110 Å². The molecule has 46 heavy (non-hydrogen) atoms. The van der Waals surface area contributed by atoms with Crippen LogP contribution in [0.5, 0.6) is 0 Å². The number of aromatic nitrogens is 1. The molecule has 5 aromatic rings. The predicted molar refractivity (Wildman–Crippen MR) is 175 cm³/mol. The van der Waals surface area contributed by atoms with Crippen LogP contribution in [0, 0.1) is 5.82 Å². The molecule has 2 aromatic heterocycles. The summed E-state index contributed by atoms with van der Waals surface area (Å²) in [6, 6.07) is 21.9. The molecule has 8 nitrogen and oxygen atoms in total. The lowest BCUT2D eigenvalue weighted by Crippen LogP contribution is -2.40. The number of thiazole rings is 1. The van der Waals surface area contributed by atoms with Crippen LogP contribution in [0.4, 0.5) is 10.1 Å². The minimum atomic E-state index is -0.865. The van der Waals surface area contributed by atoms with Crippen LogP contribution in [-0.4, -0.2) is 22.5 Å². The number of fused-ring (bicyclic) bond motifs is 1. The van der Waals surface area contributed by atoms with E-state index in [9.17, 15) is 18.8 Å². The molecule has 0 radical (unpaired) electrons. The predicted octanol–water partition coefficient (Wildman–Crippen LogP) is 6.49. The molecule has 1 atom stereocenters. The molecule has 0 fully saturated rings. The third-order valence-corrected chi connectivity index (χ3v) is 8.41. The Morgan fingerprint density at radius 3 is 2.52 bits per heavy atom. The average molecular weight is 656 g/mol. The van der Waals surface area contributed by atoms with Crippen molar-refractivity contribution in [1.82, 2.24) is 4.57 Å². The number of allylic oxidation sites excluding steroid dienone is 1. The summed E-state index contributed by atoms with van der Waals surface area (Å²) in [4.78, 5) is 45.4.